The topological polar surface area (TPSA) is 78.5 Å². The van der Waals surface area contributed by atoms with Crippen molar-refractivity contribution < 1.29 is 14.6 Å². The van der Waals surface area contributed by atoms with Crippen molar-refractivity contribution in [2.75, 3.05) is 7.05 Å². The van der Waals surface area contributed by atoms with Crippen molar-refractivity contribution in [2.24, 2.45) is 0 Å². The van der Waals surface area contributed by atoms with E-state index in [9.17, 15) is 9.90 Å². The van der Waals surface area contributed by atoms with E-state index in [1.807, 2.05) is 48.7 Å². The highest BCUT2D eigenvalue weighted by Gasteiger charge is 2.27. The van der Waals surface area contributed by atoms with E-state index in [2.05, 4.69) is 46.5 Å². The minimum absolute atomic E-state index is 0.220. The molecule has 176 valence electrons. The van der Waals surface area contributed by atoms with Gasteiger partial charge >= 0.3 is 6.09 Å². The van der Waals surface area contributed by atoms with Crippen LogP contribution >= 0.6 is 0 Å². The fourth-order valence-electron chi connectivity index (χ4n) is 3.63. The van der Waals surface area contributed by atoms with Crippen molar-refractivity contribution >= 4 is 6.09 Å². The number of carbonyl (C=O) groups excluding carboxylic acids is 1. The van der Waals surface area contributed by atoms with Crippen LogP contribution in [0.1, 0.15) is 64.1 Å². The van der Waals surface area contributed by atoms with Crippen LogP contribution in [0.15, 0.2) is 48.7 Å². The van der Waals surface area contributed by atoms with E-state index in [0.717, 1.165) is 27.9 Å². The van der Waals surface area contributed by atoms with E-state index in [0.29, 0.717) is 18.1 Å². The third-order valence-electron chi connectivity index (χ3n) is 5.56. The molecule has 0 aliphatic rings. The third-order valence-corrected chi connectivity index (χ3v) is 5.56. The summed E-state index contributed by atoms with van der Waals surface area (Å²) >= 11 is 0. The van der Waals surface area contributed by atoms with E-state index in [4.69, 9.17) is 9.72 Å². The second-order valence-electron chi connectivity index (χ2n) is 10.5. The average Bonchev–Trinajstić information content (AvgIpc) is 3.19. The van der Waals surface area contributed by atoms with Crippen molar-refractivity contribution in [3.8, 4) is 17.0 Å². The number of benzene rings is 2. The molecule has 0 radical (unpaired) electrons. The summed E-state index contributed by atoms with van der Waals surface area (Å²) in [5, 5.41) is 11.0. The van der Waals surface area contributed by atoms with Crippen LogP contribution in [0.2, 0.25) is 0 Å². The highest BCUT2D eigenvalue weighted by molar-refractivity contribution is 5.68. The molecule has 0 aliphatic carbocycles. The largest absolute Gasteiger partial charge is 0.507 e. The summed E-state index contributed by atoms with van der Waals surface area (Å²) in [4.78, 5) is 21.8. The predicted molar refractivity (Wildman–Crippen MR) is 131 cm³/mol. The van der Waals surface area contributed by atoms with E-state index in [1.165, 1.54) is 4.90 Å². The molecule has 6 heteroatoms. The van der Waals surface area contributed by atoms with E-state index < -0.39 is 6.09 Å². The third kappa shape index (κ3) is 5.95. The van der Waals surface area contributed by atoms with Crippen LogP contribution in [0.3, 0.4) is 0 Å². The number of aromatic hydroxyl groups is 1. The zero-order valence-corrected chi connectivity index (χ0v) is 20.7. The lowest BCUT2D eigenvalue weighted by Gasteiger charge is -2.28. The van der Waals surface area contributed by atoms with Gasteiger partial charge in [0.15, 0.2) is 0 Å². The SMILES string of the molecule is CN(Cc1nc(-c2cc(C(C)(C)C)c(O)c(C(C)(C)C)c2)c[nH]1)C(=O)OCc1ccccc1. The normalized spacial score (nSPS) is 12.0. The lowest BCUT2D eigenvalue weighted by Crippen LogP contribution is -2.27. The first-order valence-electron chi connectivity index (χ1n) is 11.2. The monoisotopic (exact) mass is 449 g/mol. The standard InChI is InChI=1S/C27H35N3O3/c1-26(2,3)20-13-19(14-21(24(20)31)27(4,5)6)22-15-28-23(29-22)16-30(7)25(32)33-17-18-11-9-8-10-12-18/h8-15,31H,16-17H2,1-7H3,(H,28,29). The maximum Gasteiger partial charge on any atom is 0.410 e. The molecule has 0 fully saturated rings. The summed E-state index contributed by atoms with van der Waals surface area (Å²) in [7, 11) is 1.69. The predicted octanol–water partition coefficient (Wildman–Crippen LogP) is 6.15. The maximum atomic E-state index is 12.4. The lowest BCUT2D eigenvalue weighted by molar-refractivity contribution is 0.102. The van der Waals surface area contributed by atoms with Gasteiger partial charge in [0.05, 0.1) is 12.2 Å². The fourth-order valence-corrected chi connectivity index (χ4v) is 3.63. The van der Waals surface area contributed by atoms with Gasteiger partial charge in [-0.25, -0.2) is 9.78 Å². The Balaban J connectivity index is 1.78. The summed E-state index contributed by atoms with van der Waals surface area (Å²) in [6.07, 6.45) is 1.43. The molecule has 0 saturated carbocycles. The van der Waals surface area contributed by atoms with Gasteiger partial charge in [0.1, 0.15) is 18.2 Å². The number of aromatic amines is 1. The highest BCUT2D eigenvalue weighted by atomic mass is 16.6. The quantitative estimate of drug-likeness (QED) is 0.490. The van der Waals surface area contributed by atoms with Gasteiger partial charge in [-0.3, -0.25) is 0 Å². The molecule has 0 aliphatic heterocycles. The number of nitrogens with zero attached hydrogens (tertiary/aromatic N) is 2. The second kappa shape index (κ2) is 9.30. The Morgan fingerprint density at radius 2 is 1.61 bits per heavy atom. The molecule has 3 aromatic rings. The van der Waals surface area contributed by atoms with Crippen molar-refractivity contribution in [1.82, 2.24) is 14.9 Å². The number of imidazole rings is 1. The zero-order chi connectivity index (χ0) is 24.4. The van der Waals surface area contributed by atoms with Crippen molar-refractivity contribution in [2.45, 2.75) is 65.5 Å². The highest BCUT2D eigenvalue weighted by Crippen LogP contribution is 2.41. The molecule has 1 amide bonds. The first-order chi connectivity index (χ1) is 15.4. The van der Waals surface area contributed by atoms with Crippen LogP contribution in [0.4, 0.5) is 4.79 Å². The van der Waals surface area contributed by atoms with Gasteiger partial charge in [0, 0.05) is 29.9 Å². The summed E-state index contributed by atoms with van der Waals surface area (Å²) in [5.41, 5.74) is 3.97. The molecular formula is C27H35N3O3. The van der Waals surface area contributed by atoms with Gasteiger partial charge < -0.3 is 19.7 Å². The molecule has 0 saturated heterocycles. The molecule has 0 atom stereocenters. The van der Waals surface area contributed by atoms with E-state index in [1.54, 1.807) is 7.05 Å². The minimum Gasteiger partial charge on any atom is -0.507 e. The van der Waals surface area contributed by atoms with Gasteiger partial charge in [-0.2, -0.15) is 0 Å². The molecule has 0 bridgehead atoms. The first kappa shape index (κ1) is 24.4. The Hall–Kier alpha value is -3.28. The second-order valence-corrected chi connectivity index (χ2v) is 10.5. The Morgan fingerprint density at radius 1 is 1.03 bits per heavy atom. The number of hydrogen-bond acceptors (Lipinski definition) is 4. The molecule has 6 nitrogen and oxygen atoms in total. The average molecular weight is 450 g/mol. The van der Waals surface area contributed by atoms with Crippen LogP contribution in [0.5, 0.6) is 5.75 Å². The number of nitrogens with one attached hydrogen (secondary N) is 1. The van der Waals surface area contributed by atoms with Crippen molar-refractivity contribution in [3.63, 3.8) is 0 Å². The van der Waals surface area contributed by atoms with Gasteiger partial charge in [0.25, 0.3) is 0 Å². The summed E-state index contributed by atoms with van der Waals surface area (Å²) < 4.78 is 5.39. The van der Waals surface area contributed by atoms with Crippen LogP contribution in [-0.4, -0.2) is 33.1 Å². The summed E-state index contributed by atoms with van der Waals surface area (Å²) in [6, 6.07) is 13.6. The zero-order valence-electron chi connectivity index (χ0n) is 20.7. The van der Waals surface area contributed by atoms with Crippen molar-refractivity contribution in [1.29, 1.82) is 0 Å². The van der Waals surface area contributed by atoms with Gasteiger partial charge in [-0.1, -0.05) is 71.9 Å². The Labute approximate surface area is 196 Å². The number of aromatic nitrogens is 2. The maximum absolute atomic E-state index is 12.4. The van der Waals surface area contributed by atoms with Gasteiger partial charge in [-0.05, 0) is 28.5 Å². The van der Waals surface area contributed by atoms with Crippen molar-refractivity contribution in [3.05, 3.63) is 71.2 Å². The molecule has 0 spiro atoms. The summed E-state index contributed by atoms with van der Waals surface area (Å²) in [6.45, 7) is 13.0. The number of hydrogen-bond donors (Lipinski definition) is 2. The van der Waals surface area contributed by atoms with Crippen LogP contribution in [0.25, 0.3) is 11.3 Å². The number of rotatable bonds is 5. The number of phenols is 1. The Bertz CT molecular complexity index is 1070. The fraction of sp³-hybridized carbons (Fsp3) is 0.407. The van der Waals surface area contributed by atoms with E-state index >= 15 is 0 Å². The smallest absolute Gasteiger partial charge is 0.410 e. The molecular weight excluding hydrogens is 414 g/mol. The lowest BCUT2D eigenvalue weighted by atomic mass is 9.78. The number of ether oxygens (including phenoxy) is 1. The molecule has 2 N–H and O–H groups in total. The van der Waals surface area contributed by atoms with Crippen LogP contribution < -0.4 is 0 Å². The molecule has 3 rings (SSSR count). The molecule has 2 aromatic carbocycles. The van der Waals surface area contributed by atoms with Gasteiger partial charge in [-0.15, -0.1) is 0 Å². The number of phenolic OH excluding ortho intramolecular Hbond substituents is 1. The van der Waals surface area contributed by atoms with Gasteiger partial charge in [0.2, 0.25) is 0 Å². The Morgan fingerprint density at radius 3 is 2.15 bits per heavy atom. The molecule has 33 heavy (non-hydrogen) atoms. The number of amides is 1. The number of carbonyl (C=O) groups is 1. The van der Waals surface area contributed by atoms with E-state index in [-0.39, 0.29) is 17.4 Å². The molecule has 1 aromatic heterocycles. The first-order valence-corrected chi connectivity index (χ1v) is 11.2. The minimum atomic E-state index is -0.411. The summed E-state index contributed by atoms with van der Waals surface area (Å²) in [5.74, 6) is 1.00. The van der Waals surface area contributed by atoms with Crippen LogP contribution in [0, 0.1) is 0 Å². The molecule has 1 heterocycles. The molecule has 0 unspecified atom stereocenters. The Kier molecular flexibility index (Phi) is 6.86. The number of H-pyrrole nitrogens is 1. The van der Waals surface area contributed by atoms with Crippen LogP contribution in [-0.2, 0) is 28.7 Å².